The third kappa shape index (κ3) is 10.1. The predicted molar refractivity (Wildman–Crippen MR) is 57.1 cm³/mol. The van der Waals surface area contributed by atoms with Gasteiger partial charge < -0.3 is 0 Å². The number of hydrogen-bond donors (Lipinski definition) is 0. The standard InChI is InChI=1S/2C4HF8O.CH3BO2.2Zn/c2*5-2(6,7)1(3(8,9)10)4(11,12)13;1-2(3)4;;/h2*1H;1H3;;/q2*-1;-2;2*+2. The van der Waals surface area contributed by atoms with Gasteiger partial charge in [0.2, 0.25) is 0 Å². The number of alkyl halides is 16. The normalized spacial score (nSPS) is 14.6. The van der Waals surface area contributed by atoms with E-state index >= 15 is 0 Å². The third-order valence-electron chi connectivity index (χ3n) is 3.09. The average molecular weight is 623 g/mol. The summed E-state index contributed by atoms with van der Waals surface area (Å²) < 4.78 is 214. The quantitative estimate of drug-likeness (QED) is 0.233. The second kappa shape index (κ2) is 10.7. The van der Waals surface area contributed by atoms with Crippen LogP contribution >= 0.6 is 0 Å². The molecule has 0 saturated heterocycles. The first kappa shape index (κ1) is 32.0. The Labute approximate surface area is 183 Å². The minimum absolute atomic E-state index is 0.607. The van der Waals surface area contributed by atoms with Crippen LogP contribution in [-0.4, -0.2) is 44.0 Å². The van der Waals surface area contributed by atoms with Crippen LogP contribution in [0, 0.1) is 11.8 Å². The number of hydrogen-bond acceptors (Lipinski definition) is 4. The van der Waals surface area contributed by atoms with Crippen molar-refractivity contribution in [2.45, 2.75) is 43.7 Å². The van der Waals surface area contributed by atoms with Crippen LogP contribution < -0.4 is 0 Å². The Balaban J connectivity index is 4.86. The molecule has 0 saturated carbocycles. The molecule has 0 aromatic rings. The number of rotatable bonds is 10. The van der Waals surface area contributed by atoms with Crippen molar-refractivity contribution < 1.29 is 120 Å². The topological polar surface area (TPSA) is 36.9 Å². The van der Waals surface area contributed by atoms with Crippen molar-refractivity contribution in [1.29, 1.82) is 0 Å². The first-order chi connectivity index (χ1) is 13.8. The third-order valence-corrected chi connectivity index (χ3v) is 7.74. The molecule has 0 rings (SSSR count). The molecule has 32 heavy (non-hydrogen) atoms. The summed E-state index contributed by atoms with van der Waals surface area (Å²) in [6.45, 7) is 0.607. The molecule has 0 aromatic heterocycles. The van der Waals surface area contributed by atoms with Crippen LogP contribution in [0.4, 0.5) is 70.2 Å². The summed E-state index contributed by atoms with van der Waals surface area (Å²) in [5.41, 5.74) is 0. The molecule has 23 heteroatoms. The van der Waals surface area contributed by atoms with Crippen LogP contribution in [0.15, 0.2) is 0 Å². The Morgan fingerprint density at radius 1 is 0.500 bits per heavy atom. The van der Waals surface area contributed by atoms with Crippen molar-refractivity contribution in [3.63, 3.8) is 0 Å². The van der Waals surface area contributed by atoms with Gasteiger partial charge >= 0.3 is 183 Å². The summed E-state index contributed by atoms with van der Waals surface area (Å²) in [6.07, 6.45) is -37.7. The van der Waals surface area contributed by atoms with Crippen molar-refractivity contribution in [1.82, 2.24) is 0 Å². The summed E-state index contributed by atoms with van der Waals surface area (Å²) in [4.78, 5) is 0. The van der Waals surface area contributed by atoms with E-state index in [0.29, 0.717) is 6.82 Å². The second-order valence-electron chi connectivity index (χ2n) is 5.58. The molecule has 0 aliphatic rings. The average Bonchev–Trinajstić information content (AvgIpc) is 2.38. The van der Waals surface area contributed by atoms with Crippen LogP contribution in [-0.2, 0) is 49.8 Å². The van der Waals surface area contributed by atoms with Crippen LogP contribution in [0.1, 0.15) is 0 Å². The Morgan fingerprint density at radius 3 is 0.906 bits per heavy atom. The van der Waals surface area contributed by atoms with E-state index in [0.717, 1.165) is 0 Å². The fraction of sp³-hybridized carbons (Fsp3) is 1.00. The van der Waals surface area contributed by atoms with Gasteiger partial charge in [-0.25, -0.2) is 0 Å². The van der Waals surface area contributed by atoms with Gasteiger partial charge in [-0.1, -0.05) is 0 Å². The Hall–Kier alpha value is 0.0317. The first-order valence-electron chi connectivity index (χ1n) is 7.37. The molecule has 0 amide bonds. The van der Waals surface area contributed by atoms with Gasteiger partial charge in [-0.15, -0.1) is 0 Å². The number of halogens is 16. The molecule has 0 radical (unpaired) electrons. The Kier molecular flexibility index (Phi) is 10.8. The SMILES string of the molecule is CB([O][Zn][O]C(F)(F)C(C(F)(F)F)C(F)(F)F)[O][Zn][O]C(F)(F)C(C(F)(F)F)C(F)(F)F. The zero-order valence-corrected chi connectivity index (χ0v) is 20.8. The van der Waals surface area contributed by atoms with Gasteiger partial charge in [-0.3, -0.25) is 0 Å². The Bertz CT molecular complexity index is 512. The fourth-order valence-electron chi connectivity index (χ4n) is 1.76. The van der Waals surface area contributed by atoms with E-state index in [2.05, 4.69) is 14.1 Å². The molecule has 0 bridgehead atoms. The monoisotopic (exact) mass is 620 g/mol. The fourth-order valence-corrected chi connectivity index (χ4v) is 5.46. The van der Waals surface area contributed by atoms with E-state index in [1.54, 1.807) is 0 Å². The van der Waals surface area contributed by atoms with Gasteiger partial charge in [-0.05, 0) is 0 Å². The maximum atomic E-state index is 13.2. The van der Waals surface area contributed by atoms with E-state index < -0.39 is 91.6 Å². The molecule has 0 unspecified atom stereocenters. The summed E-state index contributed by atoms with van der Waals surface area (Å²) in [6, 6.07) is 0. The van der Waals surface area contributed by atoms with E-state index in [1.807, 2.05) is 0 Å². The first-order valence-corrected chi connectivity index (χ1v) is 12.2. The summed E-state index contributed by atoms with van der Waals surface area (Å²) >= 11 is -7.91. The van der Waals surface area contributed by atoms with Crippen molar-refractivity contribution in [3.05, 3.63) is 0 Å². The van der Waals surface area contributed by atoms with Crippen LogP contribution in [0.3, 0.4) is 0 Å². The van der Waals surface area contributed by atoms with Gasteiger partial charge in [0.05, 0.1) is 0 Å². The van der Waals surface area contributed by atoms with E-state index in [4.69, 9.17) is 0 Å². The van der Waals surface area contributed by atoms with Crippen molar-refractivity contribution in [3.8, 4) is 0 Å². The Morgan fingerprint density at radius 2 is 0.719 bits per heavy atom. The van der Waals surface area contributed by atoms with E-state index in [1.165, 1.54) is 0 Å². The van der Waals surface area contributed by atoms with Crippen LogP contribution in [0.5, 0.6) is 0 Å². The molecule has 0 spiro atoms. The van der Waals surface area contributed by atoms with Crippen molar-refractivity contribution in [2.75, 3.05) is 0 Å². The predicted octanol–water partition coefficient (Wildman–Crippen LogP) is 5.66. The molecule has 4 nitrogen and oxygen atoms in total. The summed E-state index contributed by atoms with van der Waals surface area (Å²) in [7, 11) is -2.04. The minimum atomic E-state index is -6.49. The summed E-state index contributed by atoms with van der Waals surface area (Å²) in [5, 5.41) is 0. The van der Waals surface area contributed by atoms with Crippen LogP contribution in [0.25, 0.3) is 0 Å². The van der Waals surface area contributed by atoms with Gasteiger partial charge in [0, 0.05) is 0 Å². The zero-order valence-electron chi connectivity index (χ0n) is 14.8. The molecule has 184 valence electrons. The zero-order chi connectivity index (χ0) is 26.0. The molecule has 0 aliphatic carbocycles. The van der Waals surface area contributed by atoms with Gasteiger partial charge in [-0.2, -0.15) is 0 Å². The van der Waals surface area contributed by atoms with Gasteiger partial charge in [0.15, 0.2) is 0 Å². The molecule has 0 aliphatic heterocycles. The molecular weight excluding hydrogens is 618 g/mol. The molecule has 0 aromatic carbocycles. The van der Waals surface area contributed by atoms with Crippen LogP contribution in [0.2, 0.25) is 6.82 Å². The molecule has 0 atom stereocenters. The molecule has 0 heterocycles. The van der Waals surface area contributed by atoms with Crippen molar-refractivity contribution in [2.24, 2.45) is 11.8 Å². The summed E-state index contributed by atoms with van der Waals surface area (Å²) in [5.74, 6) is -10.5. The van der Waals surface area contributed by atoms with Crippen molar-refractivity contribution >= 4 is 7.12 Å². The van der Waals surface area contributed by atoms with Gasteiger partial charge in [0.25, 0.3) is 0 Å². The molecule has 0 N–H and O–H groups in total. The second-order valence-corrected chi connectivity index (χ2v) is 9.18. The van der Waals surface area contributed by atoms with E-state index in [-0.39, 0.29) is 0 Å². The van der Waals surface area contributed by atoms with Gasteiger partial charge in [0.1, 0.15) is 0 Å². The van der Waals surface area contributed by atoms with E-state index in [9.17, 15) is 70.2 Å². The molecular formula is C9H5BF16O4Zn2. The molecule has 0 fully saturated rings. The maximum absolute atomic E-state index is 13.2.